The molecule has 98 valence electrons. The van der Waals surface area contributed by atoms with E-state index in [2.05, 4.69) is 9.71 Å². The first kappa shape index (κ1) is 13.9. The third-order valence-electron chi connectivity index (χ3n) is 2.61. The molecule has 17 heavy (non-hydrogen) atoms. The van der Waals surface area contributed by atoms with Gasteiger partial charge < -0.3 is 15.2 Å². The van der Waals surface area contributed by atoms with Crippen molar-refractivity contribution < 1.29 is 8.42 Å². The van der Waals surface area contributed by atoms with E-state index in [9.17, 15) is 8.42 Å². The van der Waals surface area contributed by atoms with Crippen LogP contribution in [0.5, 0.6) is 0 Å². The summed E-state index contributed by atoms with van der Waals surface area (Å²) in [4.78, 5) is 5.68. The second kappa shape index (κ2) is 5.03. The Bertz CT molecular complexity index is 460. The molecule has 1 aromatic heterocycles. The van der Waals surface area contributed by atoms with E-state index in [0.717, 1.165) is 0 Å². The number of anilines is 1. The Balaban J connectivity index is 2.84. The zero-order valence-electron chi connectivity index (χ0n) is 10.5. The van der Waals surface area contributed by atoms with E-state index in [4.69, 9.17) is 5.73 Å². The first-order chi connectivity index (χ1) is 7.75. The predicted molar refractivity (Wildman–Crippen MR) is 66.0 cm³/mol. The fourth-order valence-corrected chi connectivity index (χ4v) is 2.60. The lowest BCUT2D eigenvalue weighted by atomic mass is 10.3. The second-order valence-electron chi connectivity index (χ2n) is 4.21. The van der Waals surface area contributed by atoms with Crippen LogP contribution in [0.2, 0.25) is 0 Å². The normalized spacial score (nSPS) is 14.2. The first-order valence-electron chi connectivity index (χ1n) is 5.18. The van der Waals surface area contributed by atoms with E-state index in [0.29, 0.717) is 6.54 Å². The molecule has 0 aromatic carbocycles. The highest BCUT2D eigenvalue weighted by Gasteiger charge is 2.22. The maximum absolute atomic E-state index is 12.0. The van der Waals surface area contributed by atoms with Crippen LogP contribution in [0.4, 0.5) is 5.82 Å². The summed E-state index contributed by atoms with van der Waals surface area (Å²) < 4.78 is 27.9. The summed E-state index contributed by atoms with van der Waals surface area (Å²) >= 11 is 0. The van der Waals surface area contributed by atoms with Crippen molar-refractivity contribution >= 4 is 15.8 Å². The lowest BCUT2D eigenvalue weighted by Gasteiger charge is -2.20. The van der Waals surface area contributed by atoms with Crippen LogP contribution in [0, 0.1) is 0 Å². The minimum Gasteiger partial charge on any atom is -0.381 e. The van der Waals surface area contributed by atoms with E-state index in [1.54, 1.807) is 7.05 Å². The van der Waals surface area contributed by atoms with E-state index in [1.807, 2.05) is 25.9 Å². The number of nitrogens with one attached hydrogen (secondary N) is 1. The Morgan fingerprint density at radius 1 is 1.59 bits per heavy atom. The van der Waals surface area contributed by atoms with Crippen molar-refractivity contribution in [3.63, 3.8) is 0 Å². The zero-order valence-corrected chi connectivity index (χ0v) is 11.3. The number of likely N-dealkylation sites (N-methyl/N-ethyl adjacent to an activating group) is 1. The highest BCUT2D eigenvalue weighted by atomic mass is 32.2. The molecule has 1 unspecified atom stereocenters. The van der Waals surface area contributed by atoms with Gasteiger partial charge in [0.1, 0.15) is 0 Å². The van der Waals surface area contributed by atoms with Crippen molar-refractivity contribution in [1.29, 1.82) is 0 Å². The van der Waals surface area contributed by atoms with Gasteiger partial charge in [-0.1, -0.05) is 0 Å². The molecule has 0 saturated heterocycles. The summed E-state index contributed by atoms with van der Waals surface area (Å²) in [6.45, 7) is 2.25. The Morgan fingerprint density at radius 3 is 2.59 bits per heavy atom. The summed E-state index contributed by atoms with van der Waals surface area (Å²) in [7, 11) is 1.76. The van der Waals surface area contributed by atoms with Gasteiger partial charge in [0.15, 0.2) is 10.8 Å². The van der Waals surface area contributed by atoms with Gasteiger partial charge in [-0.25, -0.2) is 18.1 Å². The van der Waals surface area contributed by atoms with Crippen molar-refractivity contribution in [2.45, 2.75) is 18.0 Å². The minimum absolute atomic E-state index is 0.00320. The molecule has 8 heteroatoms. The molecule has 1 rings (SSSR count). The Labute approximate surface area is 102 Å². The topological polar surface area (TPSA) is 93.2 Å². The van der Waals surface area contributed by atoms with Crippen LogP contribution in [0.3, 0.4) is 0 Å². The molecule has 0 aliphatic rings. The number of aryl methyl sites for hydroxylation is 1. The summed E-state index contributed by atoms with van der Waals surface area (Å²) in [5, 5.41) is 0.00320. The van der Waals surface area contributed by atoms with Crippen molar-refractivity contribution in [3.8, 4) is 0 Å². The van der Waals surface area contributed by atoms with Crippen LogP contribution in [0.25, 0.3) is 0 Å². The highest BCUT2D eigenvalue weighted by molar-refractivity contribution is 7.89. The van der Waals surface area contributed by atoms with Gasteiger partial charge in [0.2, 0.25) is 0 Å². The number of aromatic nitrogens is 2. The van der Waals surface area contributed by atoms with Gasteiger partial charge in [0.25, 0.3) is 10.0 Å². The van der Waals surface area contributed by atoms with Gasteiger partial charge in [0.05, 0.1) is 6.33 Å². The average Bonchev–Trinajstić information content (AvgIpc) is 2.55. The number of sulfonamides is 1. The van der Waals surface area contributed by atoms with Crippen LogP contribution in [-0.4, -0.2) is 49.6 Å². The molecule has 0 radical (unpaired) electrons. The predicted octanol–water partition coefficient (Wildman–Crippen LogP) is -0.769. The second-order valence-corrected chi connectivity index (χ2v) is 5.89. The first-order valence-corrected chi connectivity index (χ1v) is 6.67. The maximum Gasteiger partial charge on any atom is 0.260 e. The third kappa shape index (κ3) is 3.18. The van der Waals surface area contributed by atoms with E-state index >= 15 is 0 Å². The lowest BCUT2D eigenvalue weighted by Crippen LogP contribution is -2.38. The van der Waals surface area contributed by atoms with E-state index in [1.165, 1.54) is 10.9 Å². The molecule has 0 spiro atoms. The number of imidazole rings is 1. The number of hydrogen-bond acceptors (Lipinski definition) is 5. The van der Waals surface area contributed by atoms with E-state index < -0.39 is 10.0 Å². The fraction of sp³-hybridized carbons (Fsp3) is 0.667. The molecule has 3 N–H and O–H groups in total. The highest BCUT2D eigenvalue weighted by Crippen LogP contribution is 2.14. The number of nitrogens with zero attached hydrogens (tertiary/aromatic N) is 3. The van der Waals surface area contributed by atoms with Gasteiger partial charge in [0, 0.05) is 19.6 Å². The van der Waals surface area contributed by atoms with Crippen LogP contribution >= 0.6 is 0 Å². The van der Waals surface area contributed by atoms with Crippen LogP contribution in [0.15, 0.2) is 11.4 Å². The summed E-state index contributed by atoms with van der Waals surface area (Å²) in [6, 6.07) is 0.0965. The van der Waals surface area contributed by atoms with Gasteiger partial charge in [-0.2, -0.15) is 0 Å². The average molecular weight is 261 g/mol. The molecule has 1 heterocycles. The van der Waals surface area contributed by atoms with Crippen LogP contribution < -0.4 is 10.5 Å². The molecule has 0 aliphatic heterocycles. The monoisotopic (exact) mass is 261 g/mol. The van der Waals surface area contributed by atoms with E-state index in [-0.39, 0.29) is 16.9 Å². The summed E-state index contributed by atoms with van der Waals surface area (Å²) in [6.07, 6.45) is 1.37. The Morgan fingerprint density at radius 2 is 2.18 bits per heavy atom. The molecular weight excluding hydrogens is 242 g/mol. The molecule has 0 aliphatic carbocycles. The van der Waals surface area contributed by atoms with Crippen molar-refractivity contribution in [2.75, 3.05) is 26.4 Å². The largest absolute Gasteiger partial charge is 0.381 e. The summed E-state index contributed by atoms with van der Waals surface area (Å²) in [5.41, 5.74) is 5.53. The number of nitrogen functional groups attached to an aromatic ring is 1. The molecule has 0 bridgehead atoms. The number of rotatable bonds is 5. The van der Waals surface area contributed by atoms with Gasteiger partial charge in [-0.15, -0.1) is 0 Å². The van der Waals surface area contributed by atoms with Crippen LogP contribution in [-0.2, 0) is 17.1 Å². The zero-order chi connectivity index (χ0) is 13.2. The molecule has 0 saturated carbocycles. The lowest BCUT2D eigenvalue weighted by molar-refractivity contribution is 0.313. The van der Waals surface area contributed by atoms with Gasteiger partial charge >= 0.3 is 0 Å². The fourth-order valence-electron chi connectivity index (χ4n) is 1.25. The molecular formula is C9H19N5O2S. The van der Waals surface area contributed by atoms with Crippen molar-refractivity contribution in [1.82, 2.24) is 19.2 Å². The molecule has 7 nitrogen and oxygen atoms in total. The van der Waals surface area contributed by atoms with Crippen molar-refractivity contribution in [3.05, 3.63) is 6.33 Å². The maximum atomic E-state index is 12.0. The third-order valence-corrected chi connectivity index (χ3v) is 4.17. The Kier molecular flexibility index (Phi) is 4.12. The SMILES string of the molecule is CC(CNS(=O)(=O)c1c(N)ncn1C)N(C)C. The van der Waals surface area contributed by atoms with Crippen LogP contribution in [0.1, 0.15) is 6.92 Å². The number of nitrogens with two attached hydrogens (primary N) is 1. The standard InChI is InChI=1S/C9H19N5O2S/c1-7(13(2)3)5-12-17(15,16)9-8(10)11-6-14(9)4/h6-7,12H,5,10H2,1-4H3. The Hall–Kier alpha value is -1.12. The molecule has 0 fully saturated rings. The van der Waals surface area contributed by atoms with Gasteiger partial charge in [-0.05, 0) is 21.0 Å². The quantitative estimate of drug-likeness (QED) is 0.726. The van der Waals surface area contributed by atoms with Gasteiger partial charge in [-0.3, -0.25) is 0 Å². The summed E-state index contributed by atoms with van der Waals surface area (Å²) in [5.74, 6) is 0.0116. The molecule has 1 aromatic rings. The smallest absolute Gasteiger partial charge is 0.260 e. The number of hydrogen-bond donors (Lipinski definition) is 2. The molecule has 1 atom stereocenters. The molecule has 0 amide bonds. The minimum atomic E-state index is -3.61. The van der Waals surface area contributed by atoms with Crippen molar-refractivity contribution in [2.24, 2.45) is 7.05 Å².